The van der Waals surface area contributed by atoms with E-state index in [4.69, 9.17) is 11.0 Å². The molecule has 0 spiro atoms. The van der Waals surface area contributed by atoms with Crippen molar-refractivity contribution in [2.45, 2.75) is 25.3 Å². The van der Waals surface area contributed by atoms with Gasteiger partial charge in [0.25, 0.3) is 0 Å². The first-order chi connectivity index (χ1) is 9.28. The van der Waals surface area contributed by atoms with Gasteiger partial charge in [-0.15, -0.1) is 0 Å². The van der Waals surface area contributed by atoms with Gasteiger partial charge in [0, 0.05) is 19.1 Å². The molecule has 0 bridgehead atoms. The summed E-state index contributed by atoms with van der Waals surface area (Å²) in [6.07, 6.45) is 3.85. The van der Waals surface area contributed by atoms with Crippen LogP contribution in [0.3, 0.4) is 0 Å². The molecule has 5 nitrogen and oxygen atoms in total. The van der Waals surface area contributed by atoms with E-state index in [9.17, 15) is 0 Å². The molecule has 2 saturated heterocycles. The van der Waals surface area contributed by atoms with Gasteiger partial charge < -0.3 is 10.6 Å². The number of anilines is 2. The maximum absolute atomic E-state index is 8.99. The summed E-state index contributed by atoms with van der Waals surface area (Å²) >= 11 is 0. The number of pyridine rings is 1. The van der Waals surface area contributed by atoms with Crippen LogP contribution in [0.4, 0.5) is 11.5 Å². The van der Waals surface area contributed by atoms with E-state index < -0.39 is 0 Å². The molecule has 1 atom stereocenters. The monoisotopic (exact) mass is 257 g/mol. The quantitative estimate of drug-likeness (QED) is 0.862. The molecule has 2 aliphatic heterocycles. The third-order valence-electron chi connectivity index (χ3n) is 4.16. The van der Waals surface area contributed by atoms with Crippen LogP contribution in [0.1, 0.15) is 25.0 Å². The van der Waals surface area contributed by atoms with Crippen molar-refractivity contribution in [1.29, 1.82) is 5.26 Å². The lowest BCUT2D eigenvalue weighted by Crippen LogP contribution is -2.35. The Bertz CT molecular complexity index is 501. The van der Waals surface area contributed by atoms with Gasteiger partial charge in [-0.2, -0.15) is 5.26 Å². The zero-order chi connectivity index (χ0) is 13.2. The predicted molar refractivity (Wildman–Crippen MR) is 74.8 cm³/mol. The molecule has 3 rings (SSSR count). The summed E-state index contributed by atoms with van der Waals surface area (Å²) in [5.74, 6) is 0.882. The third kappa shape index (κ3) is 2.36. The second-order valence-electron chi connectivity index (χ2n) is 5.35. The van der Waals surface area contributed by atoms with Crippen molar-refractivity contribution >= 4 is 11.5 Å². The molecule has 1 aromatic heterocycles. The first-order valence-electron chi connectivity index (χ1n) is 6.93. The van der Waals surface area contributed by atoms with Crippen LogP contribution in [-0.2, 0) is 0 Å². The van der Waals surface area contributed by atoms with Crippen molar-refractivity contribution in [3.8, 4) is 6.07 Å². The highest BCUT2D eigenvalue weighted by atomic mass is 15.3. The summed E-state index contributed by atoms with van der Waals surface area (Å²) in [6.45, 7) is 4.50. The van der Waals surface area contributed by atoms with Crippen LogP contribution in [0.2, 0.25) is 0 Å². The third-order valence-corrected chi connectivity index (χ3v) is 4.16. The second kappa shape index (κ2) is 5.06. The SMILES string of the molecule is N#Cc1nc(N2CCC(N3CCCC3)C2)ccc1N. The summed E-state index contributed by atoms with van der Waals surface area (Å²) in [6, 6.07) is 6.40. The Morgan fingerprint density at radius 3 is 2.79 bits per heavy atom. The Morgan fingerprint density at radius 1 is 1.26 bits per heavy atom. The molecule has 0 saturated carbocycles. The average molecular weight is 257 g/mol. The maximum Gasteiger partial charge on any atom is 0.165 e. The molecule has 0 amide bonds. The van der Waals surface area contributed by atoms with Crippen LogP contribution < -0.4 is 10.6 Å². The first-order valence-corrected chi connectivity index (χ1v) is 6.93. The predicted octanol–water partition coefficient (Wildman–Crippen LogP) is 1.21. The van der Waals surface area contributed by atoms with Crippen molar-refractivity contribution in [2.75, 3.05) is 36.8 Å². The zero-order valence-electron chi connectivity index (χ0n) is 11.0. The minimum absolute atomic E-state index is 0.335. The molecule has 2 N–H and O–H groups in total. The Labute approximate surface area is 113 Å². The fourth-order valence-corrected chi connectivity index (χ4v) is 3.08. The molecule has 100 valence electrons. The van der Waals surface area contributed by atoms with E-state index in [1.807, 2.05) is 6.07 Å². The Balaban J connectivity index is 1.72. The topological polar surface area (TPSA) is 69.2 Å². The van der Waals surface area contributed by atoms with E-state index in [1.54, 1.807) is 6.07 Å². The van der Waals surface area contributed by atoms with E-state index in [0.717, 1.165) is 18.9 Å². The Hall–Kier alpha value is -1.80. The molecule has 19 heavy (non-hydrogen) atoms. The van der Waals surface area contributed by atoms with Gasteiger partial charge in [-0.05, 0) is 44.5 Å². The molecule has 1 aromatic rings. The molecule has 0 aromatic carbocycles. The zero-order valence-corrected chi connectivity index (χ0v) is 11.0. The number of nitrogen functional groups attached to an aromatic ring is 1. The Morgan fingerprint density at radius 2 is 2.05 bits per heavy atom. The molecule has 3 heterocycles. The molecular weight excluding hydrogens is 238 g/mol. The van der Waals surface area contributed by atoms with Crippen LogP contribution in [0.5, 0.6) is 0 Å². The number of nitrogens with two attached hydrogens (primary N) is 1. The number of nitrogens with zero attached hydrogens (tertiary/aromatic N) is 4. The van der Waals surface area contributed by atoms with Gasteiger partial charge in [-0.3, -0.25) is 4.90 Å². The van der Waals surface area contributed by atoms with Crippen molar-refractivity contribution in [2.24, 2.45) is 0 Å². The van der Waals surface area contributed by atoms with Crippen molar-refractivity contribution in [3.05, 3.63) is 17.8 Å². The molecule has 5 heteroatoms. The highest BCUT2D eigenvalue weighted by Crippen LogP contribution is 2.25. The minimum Gasteiger partial charge on any atom is -0.396 e. The normalized spacial score (nSPS) is 23.7. The van der Waals surface area contributed by atoms with Gasteiger partial charge in [0.05, 0.1) is 5.69 Å². The average Bonchev–Trinajstić information content (AvgIpc) is 3.10. The fourth-order valence-electron chi connectivity index (χ4n) is 3.08. The lowest BCUT2D eigenvalue weighted by molar-refractivity contribution is 0.260. The highest BCUT2D eigenvalue weighted by molar-refractivity contribution is 5.55. The largest absolute Gasteiger partial charge is 0.396 e. The van der Waals surface area contributed by atoms with E-state index >= 15 is 0 Å². The van der Waals surface area contributed by atoms with Gasteiger partial charge in [0.1, 0.15) is 11.9 Å². The van der Waals surface area contributed by atoms with Crippen LogP contribution in [0, 0.1) is 11.3 Å². The number of aromatic nitrogens is 1. The lowest BCUT2D eigenvalue weighted by atomic mass is 10.2. The van der Waals surface area contributed by atoms with Gasteiger partial charge >= 0.3 is 0 Å². The van der Waals surface area contributed by atoms with Crippen LogP contribution >= 0.6 is 0 Å². The van der Waals surface area contributed by atoms with Crippen LogP contribution in [0.15, 0.2) is 12.1 Å². The van der Waals surface area contributed by atoms with Gasteiger partial charge in [0.2, 0.25) is 0 Å². The standard InChI is InChI=1S/C14H19N5/c15-9-13-12(16)3-4-14(17-13)19-8-5-11(10-19)18-6-1-2-7-18/h3-4,11H,1-2,5-8,10,16H2. The van der Waals surface area contributed by atoms with Crippen molar-refractivity contribution < 1.29 is 0 Å². The number of nitriles is 1. The molecule has 1 unspecified atom stereocenters. The smallest absolute Gasteiger partial charge is 0.165 e. The first kappa shape index (κ1) is 12.2. The minimum atomic E-state index is 0.335. The summed E-state index contributed by atoms with van der Waals surface area (Å²) in [5.41, 5.74) is 6.51. The highest BCUT2D eigenvalue weighted by Gasteiger charge is 2.29. The Kier molecular flexibility index (Phi) is 3.26. The van der Waals surface area contributed by atoms with Crippen LogP contribution in [-0.4, -0.2) is 42.1 Å². The van der Waals surface area contributed by atoms with E-state index in [1.165, 1.54) is 32.4 Å². The summed E-state index contributed by atoms with van der Waals surface area (Å²) in [5, 5.41) is 8.99. The van der Waals surface area contributed by atoms with E-state index in [0.29, 0.717) is 17.4 Å². The molecular formula is C14H19N5. The summed E-state index contributed by atoms with van der Waals surface area (Å²) in [4.78, 5) is 9.21. The summed E-state index contributed by atoms with van der Waals surface area (Å²) in [7, 11) is 0. The number of hydrogen-bond acceptors (Lipinski definition) is 5. The van der Waals surface area contributed by atoms with E-state index in [2.05, 4.69) is 20.9 Å². The second-order valence-corrected chi connectivity index (χ2v) is 5.35. The number of hydrogen-bond donors (Lipinski definition) is 1. The molecule has 0 aliphatic carbocycles. The van der Waals surface area contributed by atoms with Crippen molar-refractivity contribution in [3.63, 3.8) is 0 Å². The lowest BCUT2D eigenvalue weighted by Gasteiger charge is -2.24. The van der Waals surface area contributed by atoms with Gasteiger partial charge in [-0.1, -0.05) is 0 Å². The molecule has 0 radical (unpaired) electrons. The van der Waals surface area contributed by atoms with Gasteiger partial charge in [0.15, 0.2) is 5.69 Å². The number of likely N-dealkylation sites (tertiary alicyclic amines) is 1. The fraction of sp³-hybridized carbons (Fsp3) is 0.571. The van der Waals surface area contributed by atoms with E-state index in [-0.39, 0.29) is 0 Å². The van der Waals surface area contributed by atoms with Crippen LogP contribution in [0.25, 0.3) is 0 Å². The molecule has 2 fully saturated rings. The van der Waals surface area contributed by atoms with Crippen molar-refractivity contribution in [1.82, 2.24) is 9.88 Å². The van der Waals surface area contributed by atoms with Gasteiger partial charge in [-0.25, -0.2) is 4.98 Å². The summed E-state index contributed by atoms with van der Waals surface area (Å²) < 4.78 is 0. The molecule has 2 aliphatic rings. The number of rotatable bonds is 2. The maximum atomic E-state index is 8.99.